The van der Waals surface area contributed by atoms with Gasteiger partial charge in [-0.05, 0) is 54.8 Å². The lowest BCUT2D eigenvalue weighted by molar-refractivity contribution is -0.117. The molecule has 4 rings (SSSR count). The fourth-order valence-corrected chi connectivity index (χ4v) is 3.84. The molecule has 0 unspecified atom stereocenters. The number of hydrogen-bond donors (Lipinski definition) is 0. The third-order valence-corrected chi connectivity index (χ3v) is 5.32. The van der Waals surface area contributed by atoms with E-state index in [2.05, 4.69) is 0 Å². The van der Waals surface area contributed by atoms with Crippen LogP contribution in [0.1, 0.15) is 41.1 Å². The second-order valence-electron chi connectivity index (χ2n) is 6.98. The van der Waals surface area contributed by atoms with Gasteiger partial charge in [0.15, 0.2) is 0 Å². The highest BCUT2D eigenvalue weighted by Crippen LogP contribution is 2.29. The summed E-state index contributed by atoms with van der Waals surface area (Å²) in [4.78, 5) is 28.2. The van der Waals surface area contributed by atoms with Crippen LogP contribution in [0.4, 0.5) is 10.1 Å². The lowest BCUT2D eigenvalue weighted by Crippen LogP contribution is -2.28. The van der Waals surface area contributed by atoms with Gasteiger partial charge in [-0.2, -0.15) is 0 Å². The lowest BCUT2D eigenvalue weighted by Gasteiger charge is -2.19. The molecule has 2 aliphatic heterocycles. The lowest BCUT2D eigenvalue weighted by atomic mass is 9.98. The van der Waals surface area contributed by atoms with Crippen molar-refractivity contribution in [1.82, 2.24) is 4.90 Å². The molecule has 0 bridgehead atoms. The average Bonchev–Trinajstić information content (AvgIpc) is 3.31. The van der Waals surface area contributed by atoms with Gasteiger partial charge >= 0.3 is 0 Å². The molecule has 1 atom stereocenters. The van der Waals surface area contributed by atoms with Crippen LogP contribution in [0.2, 0.25) is 0 Å². The quantitative estimate of drug-likeness (QED) is 0.847. The molecule has 0 aromatic heterocycles. The third-order valence-electron chi connectivity index (χ3n) is 5.32. The van der Waals surface area contributed by atoms with Gasteiger partial charge in [0.25, 0.3) is 5.91 Å². The molecule has 2 fully saturated rings. The van der Waals surface area contributed by atoms with E-state index in [1.165, 1.54) is 12.1 Å². The van der Waals surface area contributed by atoms with Crippen LogP contribution < -0.4 is 4.90 Å². The predicted octanol–water partition coefficient (Wildman–Crippen LogP) is 3.58. The fraction of sp³-hybridized carbons (Fsp3) is 0.333. The van der Waals surface area contributed by atoms with Gasteiger partial charge in [-0.1, -0.05) is 12.1 Å². The van der Waals surface area contributed by atoms with Crippen LogP contribution in [0, 0.1) is 5.82 Å². The molecule has 0 N–H and O–H groups in total. The Morgan fingerprint density at radius 3 is 2.38 bits per heavy atom. The second kappa shape index (κ2) is 6.90. The second-order valence-corrected chi connectivity index (χ2v) is 6.98. The maximum Gasteiger partial charge on any atom is 0.253 e. The van der Waals surface area contributed by atoms with Gasteiger partial charge in [-0.25, -0.2) is 4.39 Å². The molecule has 4 nitrogen and oxygen atoms in total. The normalized spacial score (nSPS) is 20.0. The highest BCUT2D eigenvalue weighted by atomic mass is 19.1. The number of rotatable bonds is 3. The van der Waals surface area contributed by atoms with E-state index in [-0.39, 0.29) is 23.5 Å². The summed E-state index contributed by atoms with van der Waals surface area (Å²) in [5.41, 5.74) is 2.57. The molecule has 2 amide bonds. The van der Waals surface area contributed by atoms with E-state index in [9.17, 15) is 14.0 Å². The van der Waals surface area contributed by atoms with Crippen LogP contribution in [0.5, 0.6) is 0 Å². The monoisotopic (exact) mass is 352 g/mol. The van der Waals surface area contributed by atoms with Crippen molar-refractivity contribution in [2.24, 2.45) is 0 Å². The Hall–Kier alpha value is -2.69. The molecule has 26 heavy (non-hydrogen) atoms. The van der Waals surface area contributed by atoms with E-state index in [0.29, 0.717) is 25.1 Å². The van der Waals surface area contributed by atoms with Crippen molar-refractivity contribution in [3.05, 3.63) is 65.5 Å². The number of anilines is 1. The van der Waals surface area contributed by atoms with E-state index in [0.717, 1.165) is 30.6 Å². The fourth-order valence-electron chi connectivity index (χ4n) is 3.84. The summed E-state index contributed by atoms with van der Waals surface area (Å²) in [5, 5.41) is 0. The third kappa shape index (κ3) is 3.21. The number of benzene rings is 2. The summed E-state index contributed by atoms with van der Waals surface area (Å²) >= 11 is 0. The van der Waals surface area contributed by atoms with Crippen LogP contribution in [0.15, 0.2) is 48.5 Å². The Labute approximate surface area is 152 Å². The zero-order chi connectivity index (χ0) is 18.1. The summed E-state index contributed by atoms with van der Waals surface area (Å²) in [6, 6.07) is 13.8. The Morgan fingerprint density at radius 1 is 1.00 bits per heavy atom. The van der Waals surface area contributed by atoms with E-state index >= 15 is 0 Å². The molecule has 2 heterocycles. The van der Waals surface area contributed by atoms with Gasteiger partial charge in [0.1, 0.15) is 5.82 Å². The molecule has 0 radical (unpaired) electrons. The van der Waals surface area contributed by atoms with Crippen molar-refractivity contribution in [1.29, 1.82) is 0 Å². The van der Waals surface area contributed by atoms with Crippen LogP contribution >= 0.6 is 0 Å². The van der Waals surface area contributed by atoms with Crippen LogP contribution in [-0.2, 0) is 4.79 Å². The maximum absolute atomic E-state index is 13.1. The van der Waals surface area contributed by atoms with Crippen molar-refractivity contribution >= 4 is 17.5 Å². The first kappa shape index (κ1) is 16.8. The Kier molecular flexibility index (Phi) is 4.45. The maximum atomic E-state index is 13.1. The number of likely N-dealkylation sites (tertiary alicyclic amines) is 1. The topological polar surface area (TPSA) is 40.6 Å². The van der Waals surface area contributed by atoms with Gasteiger partial charge in [0.2, 0.25) is 5.91 Å². The van der Waals surface area contributed by atoms with Gasteiger partial charge in [-0.15, -0.1) is 0 Å². The largest absolute Gasteiger partial charge is 0.338 e. The van der Waals surface area contributed by atoms with E-state index in [4.69, 9.17) is 0 Å². The molecule has 2 aromatic rings. The summed E-state index contributed by atoms with van der Waals surface area (Å²) in [7, 11) is 0. The highest BCUT2D eigenvalue weighted by molar-refractivity contribution is 5.97. The highest BCUT2D eigenvalue weighted by Gasteiger charge is 2.28. The molecular weight excluding hydrogens is 331 g/mol. The Bertz CT molecular complexity index is 817. The van der Waals surface area contributed by atoms with E-state index in [1.54, 1.807) is 29.2 Å². The molecule has 0 spiro atoms. The molecule has 2 saturated heterocycles. The van der Waals surface area contributed by atoms with Gasteiger partial charge in [0, 0.05) is 43.2 Å². The van der Waals surface area contributed by atoms with Crippen molar-refractivity contribution in [2.45, 2.75) is 25.2 Å². The van der Waals surface area contributed by atoms with E-state index < -0.39 is 0 Å². The minimum atomic E-state index is -0.240. The number of nitrogens with zero attached hydrogens (tertiary/aromatic N) is 2. The summed E-state index contributed by atoms with van der Waals surface area (Å²) in [6.45, 7) is 2.10. The van der Waals surface area contributed by atoms with Crippen LogP contribution in [0.3, 0.4) is 0 Å². The number of halogens is 1. The zero-order valence-corrected chi connectivity index (χ0v) is 14.5. The SMILES string of the molecule is O=C(c1ccc(N2CCCC2=O)cc1)N1CC[C@@H](c2ccc(F)cc2)C1. The molecule has 2 aliphatic rings. The molecule has 134 valence electrons. The van der Waals surface area contributed by atoms with Gasteiger partial charge in [0.05, 0.1) is 0 Å². The van der Waals surface area contributed by atoms with Crippen LogP contribution in [0.25, 0.3) is 0 Å². The first-order valence-electron chi connectivity index (χ1n) is 9.07. The molecule has 0 saturated carbocycles. The van der Waals surface area contributed by atoms with Crippen LogP contribution in [-0.4, -0.2) is 36.3 Å². The number of carbonyl (C=O) groups is 2. The first-order valence-corrected chi connectivity index (χ1v) is 9.07. The number of carbonyl (C=O) groups excluding carboxylic acids is 2. The predicted molar refractivity (Wildman–Crippen MR) is 97.7 cm³/mol. The molecule has 5 heteroatoms. The van der Waals surface area contributed by atoms with Crippen molar-refractivity contribution < 1.29 is 14.0 Å². The zero-order valence-electron chi connectivity index (χ0n) is 14.5. The number of hydrogen-bond acceptors (Lipinski definition) is 2. The summed E-state index contributed by atoms with van der Waals surface area (Å²) < 4.78 is 13.1. The van der Waals surface area contributed by atoms with Gasteiger partial charge < -0.3 is 9.80 Å². The van der Waals surface area contributed by atoms with Crippen molar-refractivity contribution in [3.63, 3.8) is 0 Å². The Morgan fingerprint density at radius 2 is 1.73 bits per heavy atom. The summed E-state index contributed by atoms with van der Waals surface area (Å²) in [5.74, 6) is 0.164. The Balaban J connectivity index is 1.43. The molecule has 2 aromatic carbocycles. The van der Waals surface area contributed by atoms with Crippen molar-refractivity contribution in [3.8, 4) is 0 Å². The van der Waals surface area contributed by atoms with Gasteiger partial charge in [-0.3, -0.25) is 9.59 Å². The average molecular weight is 352 g/mol. The van der Waals surface area contributed by atoms with Crippen molar-refractivity contribution in [2.75, 3.05) is 24.5 Å². The summed E-state index contributed by atoms with van der Waals surface area (Å²) in [6.07, 6.45) is 2.37. The standard InChI is InChI=1S/C21H21FN2O2/c22-18-7-3-15(4-8-18)17-11-13-23(14-17)21(26)16-5-9-19(10-6-16)24-12-1-2-20(24)25/h3-10,17H,1-2,11-14H2/t17-/m1/s1. The van der Waals surface area contributed by atoms with E-state index in [1.807, 2.05) is 17.0 Å². The first-order chi connectivity index (χ1) is 12.6. The molecular formula is C21H21FN2O2. The minimum Gasteiger partial charge on any atom is -0.338 e. The minimum absolute atomic E-state index is 0.00825. The number of amides is 2. The molecule has 0 aliphatic carbocycles. The smallest absolute Gasteiger partial charge is 0.253 e.